The van der Waals surface area contributed by atoms with Crippen molar-refractivity contribution in [2.24, 2.45) is 0 Å². The fourth-order valence-corrected chi connectivity index (χ4v) is 2.28. The van der Waals surface area contributed by atoms with Crippen LogP contribution in [-0.2, 0) is 0 Å². The normalized spacial score (nSPS) is 11.6. The summed E-state index contributed by atoms with van der Waals surface area (Å²) in [6.45, 7) is 7.42. The first-order valence-electron chi connectivity index (χ1n) is 8.65. The van der Waals surface area contributed by atoms with E-state index in [1.54, 1.807) is 6.08 Å². The number of halogens is 3. The molecule has 0 radical (unpaired) electrons. The summed E-state index contributed by atoms with van der Waals surface area (Å²) in [6.07, 6.45) is 2.97. The molecule has 6 nitrogen and oxygen atoms in total. The summed E-state index contributed by atoms with van der Waals surface area (Å²) in [6, 6.07) is 5.39. The average molecular weight is 393 g/mol. The summed E-state index contributed by atoms with van der Waals surface area (Å²) in [7, 11) is 0. The number of alkyl halides is 3. The van der Waals surface area contributed by atoms with Gasteiger partial charge in [0.25, 0.3) is 0 Å². The predicted molar refractivity (Wildman–Crippen MR) is 104 cm³/mol. The lowest BCUT2D eigenvalue weighted by Crippen LogP contribution is -2.31. The highest BCUT2D eigenvalue weighted by Crippen LogP contribution is 2.26. The molecule has 1 aromatic carbocycles. The minimum absolute atomic E-state index is 0.292. The van der Waals surface area contributed by atoms with E-state index in [1.165, 1.54) is 30.6 Å². The van der Waals surface area contributed by atoms with Crippen LogP contribution in [0.5, 0.6) is 5.75 Å². The van der Waals surface area contributed by atoms with Crippen LogP contribution in [-0.4, -0.2) is 29.4 Å². The van der Waals surface area contributed by atoms with Gasteiger partial charge >= 0.3 is 6.36 Å². The van der Waals surface area contributed by atoms with Gasteiger partial charge in [0.05, 0.1) is 5.69 Å². The molecule has 0 aliphatic rings. The minimum atomic E-state index is -4.72. The predicted octanol–water partition coefficient (Wildman–Crippen LogP) is 4.28. The SMILES string of the molecule is C=Cc1c(/C=C/CCNNCC)ncnc1Nc1ccc(OC(F)(F)F)cc1. The first-order valence-corrected chi connectivity index (χ1v) is 8.65. The molecule has 0 spiro atoms. The third-order valence-electron chi connectivity index (χ3n) is 3.48. The molecule has 150 valence electrons. The number of hydrogen-bond acceptors (Lipinski definition) is 6. The maximum Gasteiger partial charge on any atom is 0.573 e. The van der Waals surface area contributed by atoms with E-state index in [4.69, 9.17) is 0 Å². The fourth-order valence-electron chi connectivity index (χ4n) is 2.28. The summed E-state index contributed by atoms with van der Waals surface area (Å²) in [5.41, 5.74) is 8.01. The monoisotopic (exact) mass is 393 g/mol. The molecule has 1 aromatic heterocycles. The van der Waals surface area contributed by atoms with Gasteiger partial charge in [-0.1, -0.05) is 25.7 Å². The molecule has 1 heterocycles. The second kappa shape index (κ2) is 10.4. The van der Waals surface area contributed by atoms with Crippen LogP contribution >= 0.6 is 0 Å². The van der Waals surface area contributed by atoms with Crippen molar-refractivity contribution in [1.82, 2.24) is 20.8 Å². The van der Waals surface area contributed by atoms with E-state index in [0.29, 0.717) is 22.8 Å². The highest BCUT2D eigenvalue weighted by atomic mass is 19.4. The first-order chi connectivity index (χ1) is 13.4. The lowest BCUT2D eigenvalue weighted by atomic mass is 10.1. The van der Waals surface area contributed by atoms with Gasteiger partial charge in [-0.3, -0.25) is 10.9 Å². The highest BCUT2D eigenvalue weighted by Gasteiger charge is 2.30. The van der Waals surface area contributed by atoms with Gasteiger partial charge in [0, 0.05) is 24.3 Å². The van der Waals surface area contributed by atoms with E-state index >= 15 is 0 Å². The van der Waals surface area contributed by atoms with Crippen molar-refractivity contribution in [3.05, 3.63) is 54.5 Å². The van der Waals surface area contributed by atoms with Crippen molar-refractivity contribution >= 4 is 23.7 Å². The molecule has 0 aliphatic carbocycles. The summed E-state index contributed by atoms with van der Waals surface area (Å²) >= 11 is 0. The number of nitrogens with one attached hydrogen (secondary N) is 3. The Hall–Kier alpha value is -2.91. The molecule has 0 saturated heterocycles. The van der Waals surface area contributed by atoms with Crippen molar-refractivity contribution < 1.29 is 17.9 Å². The molecule has 3 N–H and O–H groups in total. The topological polar surface area (TPSA) is 71.1 Å². The number of aromatic nitrogens is 2. The Kier molecular flexibility index (Phi) is 7.97. The van der Waals surface area contributed by atoms with Crippen molar-refractivity contribution in [1.29, 1.82) is 0 Å². The smallest absolute Gasteiger partial charge is 0.406 e. The van der Waals surface area contributed by atoms with Crippen LogP contribution in [0.1, 0.15) is 24.6 Å². The van der Waals surface area contributed by atoms with E-state index < -0.39 is 6.36 Å². The average Bonchev–Trinajstić information content (AvgIpc) is 2.65. The van der Waals surface area contributed by atoms with E-state index in [9.17, 15) is 13.2 Å². The Morgan fingerprint density at radius 3 is 2.54 bits per heavy atom. The number of anilines is 2. The van der Waals surface area contributed by atoms with Gasteiger partial charge < -0.3 is 10.1 Å². The van der Waals surface area contributed by atoms with Crippen LogP contribution in [0.4, 0.5) is 24.7 Å². The summed E-state index contributed by atoms with van der Waals surface area (Å²) in [4.78, 5) is 8.45. The van der Waals surface area contributed by atoms with Gasteiger partial charge in [-0.25, -0.2) is 9.97 Å². The Balaban J connectivity index is 2.07. The maximum atomic E-state index is 12.2. The van der Waals surface area contributed by atoms with Crippen LogP contribution in [0.2, 0.25) is 0 Å². The largest absolute Gasteiger partial charge is 0.573 e. The highest BCUT2D eigenvalue weighted by molar-refractivity contribution is 5.74. The van der Waals surface area contributed by atoms with Gasteiger partial charge in [-0.2, -0.15) is 0 Å². The number of ether oxygens (including phenoxy) is 1. The molecule has 0 fully saturated rings. The zero-order valence-corrected chi connectivity index (χ0v) is 15.4. The Labute approximate surface area is 161 Å². The Morgan fingerprint density at radius 1 is 1.14 bits per heavy atom. The van der Waals surface area contributed by atoms with E-state index in [1.807, 2.05) is 19.1 Å². The van der Waals surface area contributed by atoms with E-state index in [2.05, 4.69) is 37.5 Å². The molecule has 9 heteroatoms. The minimum Gasteiger partial charge on any atom is -0.406 e. The molecular weight excluding hydrogens is 371 g/mol. The maximum absolute atomic E-state index is 12.2. The molecule has 0 unspecified atom stereocenters. The molecular formula is C19H22F3N5O. The van der Waals surface area contributed by atoms with Crippen molar-refractivity contribution in [3.63, 3.8) is 0 Å². The summed E-state index contributed by atoms with van der Waals surface area (Å²) in [5.74, 6) is 0.208. The third kappa shape index (κ3) is 7.01. The van der Waals surface area contributed by atoms with Gasteiger partial charge in [-0.15, -0.1) is 13.2 Å². The number of rotatable bonds is 10. The standard InChI is InChI=1S/C19H22F3N5O/c1-3-16-17(7-5-6-12-26-25-4-2)23-13-24-18(16)27-14-8-10-15(11-9-14)28-19(20,21)22/h3,5,7-11,13,25-26H,1,4,6,12H2,2H3,(H,23,24,27)/b7-5+. The molecule has 0 aliphatic heterocycles. The molecule has 0 saturated carbocycles. The van der Waals surface area contributed by atoms with Crippen molar-refractivity contribution in [2.45, 2.75) is 19.7 Å². The Morgan fingerprint density at radius 2 is 1.89 bits per heavy atom. The van der Waals surface area contributed by atoms with Gasteiger partial charge in [0.2, 0.25) is 0 Å². The zero-order chi connectivity index (χ0) is 20.4. The first kappa shape index (κ1) is 21.4. The zero-order valence-electron chi connectivity index (χ0n) is 15.4. The third-order valence-corrected chi connectivity index (χ3v) is 3.48. The van der Waals surface area contributed by atoms with Crippen LogP contribution in [0, 0.1) is 0 Å². The molecule has 28 heavy (non-hydrogen) atoms. The molecule has 2 aromatic rings. The fraction of sp³-hybridized carbons (Fsp3) is 0.263. The van der Waals surface area contributed by atoms with E-state index in [0.717, 1.165) is 19.5 Å². The molecule has 0 atom stereocenters. The summed E-state index contributed by atoms with van der Waals surface area (Å²) < 4.78 is 40.6. The lowest BCUT2D eigenvalue weighted by molar-refractivity contribution is -0.274. The Bertz CT molecular complexity index is 791. The summed E-state index contributed by atoms with van der Waals surface area (Å²) in [5, 5.41) is 3.06. The number of nitrogens with zero attached hydrogens (tertiary/aromatic N) is 2. The van der Waals surface area contributed by atoms with Crippen LogP contribution in [0.25, 0.3) is 12.2 Å². The van der Waals surface area contributed by atoms with Gasteiger partial charge in [-0.05, 0) is 36.8 Å². The molecule has 0 amide bonds. The number of benzene rings is 1. The van der Waals surface area contributed by atoms with Crippen LogP contribution < -0.4 is 20.9 Å². The second-order valence-electron chi connectivity index (χ2n) is 5.57. The molecule has 2 rings (SSSR count). The van der Waals surface area contributed by atoms with Gasteiger partial charge in [0.15, 0.2) is 0 Å². The van der Waals surface area contributed by atoms with E-state index in [-0.39, 0.29) is 5.75 Å². The van der Waals surface area contributed by atoms with Crippen molar-refractivity contribution in [3.8, 4) is 5.75 Å². The van der Waals surface area contributed by atoms with Crippen LogP contribution in [0.15, 0.2) is 43.2 Å². The lowest BCUT2D eigenvalue weighted by Gasteiger charge is -2.12. The second-order valence-corrected chi connectivity index (χ2v) is 5.57. The van der Waals surface area contributed by atoms with Gasteiger partial charge in [0.1, 0.15) is 17.9 Å². The number of hydrazine groups is 1. The molecule has 0 bridgehead atoms. The quantitative estimate of drug-likeness (QED) is 0.413. The van der Waals surface area contributed by atoms with Crippen molar-refractivity contribution in [2.75, 3.05) is 18.4 Å². The number of hydrogen-bond donors (Lipinski definition) is 3. The van der Waals surface area contributed by atoms with Crippen LogP contribution in [0.3, 0.4) is 0 Å².